The van der Waals surface area contributed by atoms with E-state index in [2.05, 4.69) is 27.4 Å². The summed E-state index contributed by atoms with van der Waals surface area (Å²) < 4.78 is 0.883. The topological polar surface area (TPSA) is 40.6 Å². The molecule has 2 amide bonds. The number of thiophene rings is 1. The number of amides is 2. The van der Waals surface area contributed by atoms with Crippen molar-refractivity contribution in [1.29, 1.82) is 0 Å². The molecule has 2 aliphatic heterocycles. The van der Waals surface area contributed by atoms with E-state index in [1.807, 2.05) is 35.2 Å². The van der Waals surface area contributed by atoms with Crippen molar-refractivity contribution < 1.29 is 9.59 Å². The maximum absolute atomic E-state index is 13.1. The van der Waals surface area contributed by atoms with Gasteiger partial charge in [0.15, 0.2) is 0 Å². The van der Waals surface area contributed by atoms with Gasteiger partial charge in [-0.3, -0.25) is 9.59 Å². The van der Waals surface area contributed by atoms with Gasteiger partial charge in [-0.1, -0.05) is 18.2 Å². The molecule has 0 saturated carbocycles. The van der Waals surface area contributed by atoms with Gasteiger partial charge in [0.05, 0.1) is 17.6 Å². The van der Waals surface area contributed by atoms with E-state index in [0.29, 0.717) is 13.0 Å². The van der Waals surface area contributed by atoms with Gasteiger partial charge in [0.2, 0.25) is 11.8 Å². The largest absolute Gasteiger partial charge is 0.335 e. The van der Waals surface area contributed by atoms with E-state index >= 15 is 0 Å². The molecule has 6 heteroatoms. The Labute approximate surface area is 159 Å². The van der Waals surface area contributed by atoms with E-state index in [4.69, 9.17) is 0 Å². The predicted molar refractivity (Wildman–Crippen MR) is 103 cm³/mol. The zero-order valence-corrected chi connectivity index (χ0v) is 16.1. The zero-order chi connectivity index (χ0) is 17.4. The van der Waals surface area contributed by atoms with Crippen LogP contribution in [0.2, 0.25) is 0 Å². The molecule has 0 aliphatic carbocycles. The minimum absolute atomic E-state index is 0.0251. The number of rotatable bonds is 3. The van der Waals surface area contributed by atoms with Crippen LogP contribution in [0.1, 0.15) is 30.2 Å². The first kappa shape index (κ1) is 16.8. The Morgan fingerprint density at radius 3 is 2.80 bits per heavy atom. The van der Waals surface area contributed by atoms with Crippen molar-refractivity contribution in [3.63, 3.8) is 0 Å². The number of likely N-dealkylation sites (tertiary alicyclic amines) is 1. The predicted octanol–water partition coefficient (Wildman–Crippen LogP) is 4.23. The van der Waals surface area contributed by atoms with Crippen LogP contribution in [0.3, 0.4) is 0 Å². The summed E-state index contributed by atoms with van der Waals surface area (Å²) in [5.41, 5.74) is 0.846. The highest BCUT2D eigenvalue weighted by Gasteiger charge is 2.41. The Kier molecular flexibility index (Phi) is 4.65. The number of para-hydroxylation sites is 1. The Morgan fingerprint density at radius 1 is 1.20 bits per heavy atom. The summed E-state index contributed by atoms with van der Waals surface area (Å²) in [5, 5.41) is 2.06. The van der Waals surface area contributed by atoms with Crippen LogP contribution in [-0.2, 0) is 9.59 Å². The van der Waals surface area contributed by atoms with Gasteiger partial charge in [-0.25, -0.2) is 0 Å². The molecule has 2 aliphatic rings. The molecule has 4 rings (SSSR count). The summed E-state index contributed by atoms with van der Waals surface area (Å²) in [6.07, 6.45) is 2.34. The molecule has 0 bridgehead atoms. The van der Waals surface area contributed by atoms with E-state index in [1.165, 1.54) is 4.88 Å². The summed E-state index contributed by atoms with van der Waals surface area (Å²) in [7, 11) is 0. The van der Waals surface area contributed by atoms with Crippen LogP contribution in [0.4, 0.5) is 5.69 Å². The standard InChI is InChI=1S/C19H19BrN2O2S/c20-14-5-1-2-6-15(14)22-12-13(11-18(22)23)19(24)21-9-3-7-16(21)17-8-4-10-25-17/h1-2,4-6,8,10,13,16H,3,7,9,11-12H2/t13-,16-/m1/s1. The first-order valence-corrected chi connectivity index (χ1v) is 10.2. The SMILES string of the molecule is O=C1C[C@@H](C(=O)N2CCC[C@@H]2c2cccs2)CN1c1ccccc1Br. The number of nitrogens with zero attached hydrogens (tertiary/aromatic N) is 2. The van der Waals surface area contributed by atoms with E-state index in [-0.39, 0.29) is 23.8 Å². The van der Waals surface area contributed by atoms with Crippen LogP contribution >= 0.6 is 27.3 Å². The van der Waals surface area contributed by atoms with Crippen molar-refractivity contribution >= 4 is 44.8 Å². The monoisotopic (exact) mass is 418 g/mol. The Morgan fingerprint density at radius 2 is 2.04 bits per heavy atom. The van der Waals surface area contributed by atoms with Crippen LogP contribution in [0, 0.1) is 5.92 Å². The van der Waals surface area contributed by atoms with Crippen LogP contribution in [0.15, 0.2) is 46.3 Å². The molecule has 4 nitrogen and oxygen atoms in total. The number of hydrogen-bond donors (Lipinski definition) is 0. The first-order chi connectivity index (χ1) is 12.1. The van der Waals surface area contributed by atoms with Crippen molar-refractivity contribution in [1.82, 2.24) is 4.90 Å². The smallest absolute Gasteiger partial charge is 0.228 e. The molecule has 0 unspecified atom stereocenters. The van der Waals surface area contributed by atoms with E-state index in [9.17, 15) is 9.59 Å². The molecule has 2 aromatic rings. The van der Waals surface area contributed by atoms with Crippen molar-refractivity contribution in [3.05, 3.63) is 51.1 Å². The average molecular weight is 419 g/mol. The lowest BCUT2D eigenvalue weighted by atomic mass is 10.1. The normalized spacial score (nSPS) is 23.5. The minimum atomic E-state index is -0.250. The van der Waals surface area contributed by atoms with Gasteiger partial charge >= 0.3 is 0 Å². The third kappa shape index (κ3) is 3.13. The van der Waals surface area contributed by atoms with Gasteiger partial charge in [0.1, 0.15) is 0 Å². The highest BCUT2D eigenvalue weighted by Crippen LogP contribution is 2.38. The summed E-state index contributed by atoms with van der Waals surface area (Å²) in [6, 6.07) is 12.0. The number of carbonyl (C=O) groups is 2. The summed E-state index contributed by atoms with van der Waals surface area (Å²) in [6.45, 7) is 1.26. The third-order valence-electron chi connectivity index (χ3n) is 5.03. The lowest BCUT2D eigenvalue weighted by Gasteiger charge is -2.26. The molecule has 0 radical (unpaired) electrons. The highest BCUT2D eigenvalue weighted by atomic mass is 79.9. The summed E-state index contributed by atoms with van der Waals surface area (Å²) in [5.74, 6) is -0.101. The second-order valence-corrected chi connectivity index (χ2v) is 8.40. The van der Waals surface area contributed by atoms with Crippen LogP contribution in [0.5, 0.6) is 0 Å². The fourth-order valence-corrected chi connectivity index (χ4v) is 5.19. The second-order valence-electron chi connectivity index (χ2n) is 6.56. The zero-order valence-electron chi connectivity index (χ0n) is 13.7. The van der Waals surface area contributed by atoms with Gasteiger partial charge in [-0.05, 0) is 52.4 Å². The van der Waals surface area contributed by atoms with Gasteiger partial charge in [-0.2, -0.15) is 0 Å². The Balaban J connectivity index is 1.52. The fourth-order valence-electron chi connectivity index (χ4n) is 3.82. The Bertz CT molecular complexity index is 792. The number of halogens is 1. The fraction of sp³-hybridized carbons (Fsp3) is 0.368. The first-order valence-electron chi connectivity index (χ1n) is 8.54. The Hall–Kier alpha value is -1.66. The molecular formula is C19H19BrN2O2S. The number of benzene rings is 1. The molecule has 25 heavy (non-hydrogen) atoms. The van der Waals surface area contributed by atoms with Crippen molar-refractivity contribution in [3.8, 4) is 0 Å². The lowest BCUT2D eigenvalue weighted by Crippen LogP contribution is -2.36. The number of anilines is 1. The van der Waals surface area contributed by atoms with Crippen molar-refractivity contribution in [2.24, 2.45) is 5.92 Å². The van der Waals surface area contributed by atoms with Crippen LogP contribution in [-0.4, -0.2) is 29.8 Å². The molecule has 2 fully saturated rings. The molecule has 3 heterocycles. The quantitative estimate of drug-likeness (QED) is 0.747. The van der Waals surface area contributed by atoms with Gasteiger partial charge in [-0.15, -0.1) is 11.3 Å². The van der Waals surface area contributed by atoms with Crippen LogP contribution in [0.25, 0.3) is 0 Å². The maximum atomic E-state index is 13.1. The molecule has 0 N–H and O–H groups in total. The van der Waals surface area contributed by atoms with Gasteiger partial charge in [0.25, 0.3) is 0 Å². The van der Waals surface area contributed by atoms with E-state index < -0.39 is 0 Å². The maximum Gasteiger partial charge on any atom is 0.228 e. The van der Waals surface area contributed by atoms with Gasteiger partial charge in [0, 0.05) is 28.9 Å². The number of carbonyl (C=O) groups excluding carboxylic acids is 2. The number of hydrogen-bond acceptors (Lipinski definition) is 3. The molecule has 0 spiro atoms. The molecule has 2 saturated heterocycles. The van der Waals surface area contributed by atoms with Crippen LogP contribution < -0.4 is 4.90 Å². The minimum Gasteiger partial charge on any atom is -0.335 e. The van der Waals surface area contributed by atoms with E-state index in [1.54, 1.807) is 16.2 Å². The van der Waals surface area contributed by atoms with Gasteiger partial charge < -0.3 is 9.80 Å². The molecule has 2 atom stereocenters. The van der Waals surface area contributed by atoms with E-state index in [0.717, 1.165) is 29.5 Å². The molecule has 130 valence electrons. The lowest BCUT2D eigenvalue weighted by molar-refractivity contribution is -0.136. The van der Waals surface area contributed by atoms with Crippen molar-refractivity contribution in [2.45, 2.75) is 25.3 Å². The van der Waals surface area contributed by atoms with Crippen molar-refractivity contribution in [2.75, 3.05) is 18.0 Å². The average Bonchev–Trinajstić information content (AvgIpc) is 3.35. The molecule has 1 aromatic carbocycles. The molecule has 1 aromatic heterocycles. The highest BCUT2D eigenvalue weighted by molar-refractivity contribution is 9.10. The summed E-state index contributed by atoms with van der Waals surface area (Å²) >= 11 is 5.21. The third-order valence-corrected chi connectivity index (χ3v) is 6.67. The second kappa shape index (κ2) is 6.92. The summed E-state index contributed by atoms with van der Waals surface area (Å²) in [4.78, 5) is 30.6. The molecular weight excluding hydrogens is 400 g/mol.